The van der Waals surface area contributed by atoms with Crippen LogP contribution in [0.5, 0.6) is 0 Å². The van der Waals surface area contributed by atoms with Crippen LogP contribution in [-0.4, -0.2) is 37.0 Å². The van der Waals surface area contributed by atoms with E-state index in [1.165, 1.54) is 0 Å². The molecule has 0 aromatic heterocycles. The molecule has 0 unspecified atom stereocenters. The Morgan fingerprint density at radius 1 is 0.963 bits per heavy atom. The second-order valence-corrected chi connectivity index (χ2v) is 6.92. The summed E-state index contributed by atoms with van der Waals surface area (Å²) in [6.07, 6.45) is 0.811. The third kappa shape index (κ3) is 7.12. The van der Waals surface area contributed by atoms with E-state index in [4.69, 9.17) is 23.2 Å². The third-order valence-electron chi connectivity index (χ3n) is 3.99. The molecule has 0 spiro atoms. The van der Waals surface area contributed by atoms with Gasteiger partial charge in [-0.3, -0.25) is 4.79 Å². The van der Waals surface area contributed by atoms with Crippen LogP contribution >= 0.6 is 23.2 Å². The fraction of sp³-hybridized carbons (Fsp3) is 0.300. The number of hydrogen-bond acceptors (Lipinski definition) is 2. The maximum Gasteiger partial charge on any atom is 0.317 e. The van der Waals surface area contributed by atoms with E-state index in [0.29, 0.717) is 29.6 Å². The first-order chi connectivity index (χ1) is 13.0. The van der Waals surface area contributed by atoms with Gasteiger partial charge in [-0.25, -0.2) is 4.79 Å². The highest BCUT2D eigenvalue weighted by molar-refractivity contribution is 6.42. The van der Waals surface area contributed by atoms with Crippen LogP contribution in [0.4, 0.5) is 4.79 Å². The Morgan fingerprint density at radius 2 is 1.70 bits per heavy atom. The van der Waals surface area contributed by atoms with Crippen molar-refractivity contribution in [3.63, 3.8) is 0 Å². The molecule has 5 nitrogen and oxygen atoms in total. The van der Waals surface area contributed by atoms with Crippen molar-refractivity contribution in [2.75, 3.05) is 20.1 Å². The van der Waals surface area contributed by atoms with Gasteiger partial charge in [0.1, 0.15) is 0 Å². The van der Waals surface area contributed by atoms with Gasteiger partial charge in [-0.05, 0) is 23.6 Å². The van der Waals surface area contributed by atoms with Crippen molar-refractivity contribution in [1.82, 2.24) is 15.5 Å². The summed E-state index contributed by atoms with van der Waals surface area (Å²) >= 11 is 12.1. The van der Waals surface area contributed by atoms with Gasteiger partial charge >= 0.3 is 6.03 Å². The standard InChI is InChI=1S/C20H23Cl2N3O2/c1-25(14-15-6-3-2-4-7-15)20(27)24-13-11-18(26)23-12-10-16-8-5-9-17(21)19(16)22/h2-9H,10-14H2,1H3,(H,23,26)(H,24,27). The lowest BCUT2D eigenvalue weighted by atomic mass is 10.1. The van der Waals surface area contributed by atoms with Crippen LogP contribution in [0.3, 0.4) is 0 Å². The van der Waals surface area contributed by atoms with Crippen molar-refractivity contribution in [2.24, 2.45) is 0 Å². The molecule has 144 valence electrons. The van der Waals surface area contributed by atoms with Crippen molar-refractivity contribution in [2.45, 2.75) is 19.4 Å². The average Bonchev–Trinajstić information content (AvgIpc) is 2.66. The van der Waals surface area contributed by atoms with Gasteiger partial charge < -0.3 is 15.5 Å². The molecular formula is C20H23Cl2N3O2. The quantitative estimate of drug-likeness (QED) is 0.697. The van der Waals surface area contributed by atoms with Crippen LogP contribution < -0.4 is 10.6 Å². The zero-order chi connectivity index (χ0) is 19.6. The van der Waals surface area contributed by atoms with Gasteiger partial charge in [-0.15, -0.1) is 0 Å². The molecule has 0 radical (unpaired) electrons. The minimum Gasteiger partial charge on any atom is -0.356 e. The molecule has 2 N–H and O–H groups in total. The lowest BCUT2D eigenvalue weighted by Crippen LogP contribution is -2.39. The Hall–Kier alpha value is -2.24. The summed E-state index contributed by atoms with van der Waals surface area (Å²) in [6, 6.07) is 14.9. The summed E-state index contributed by atoms with van der Waals surface area (Å²) in [5.41, 5.74) is 1.94. The van der Waals surface area contributed by atoms with Gasteiger partial charge in [0.2, 0.25) is 5.91 Å². The number of nitrogens with zero attached hydrogens (tertiary/aromatic N) is 1. The topological polar surface area (TPSA) is 61.4 Å². The summed E-state index contributed by atoms with van der Waals surface area (Å²) in [5, 5.41) is 6.58. The van der Waals surface area contributed by atoms with Gasteiger partial charge in [-0.1, -0.05) is 65.7 Å². The van der Waals surface area contributed by atoms with Crippen LogP contribution in [-0.2, 0) is 17.8 Å². The first kappa shape index (κ1) is 21.1. The minimum absolute atomic E-state index is 0.126. The molecule has 0 bridgehead atoms. The van der Waals surface area contributed by atoms with Crippen LogP contribution in [0.2, 0.25) is 10.0 Å². The zero-order valence-electron chi connectivity index (χ0n) is 15.2. The van der Waals surface area contributed by atoms with Gasteiger partial charge in [0, 0.05) is 33.1 Å². The van der Waals surface area contributed by atoms with E-state index < -0.39 is 0 Å². The molecule has 0 fully saturated rings. The normalized spacial score (nSPS) is 10.3. The van der Waals surface area contributed by atoms with Crippen LogP contribution in [0.15, 0.2) is 48.5 Å². The highest BCUT2D eigenvalue weighted by Gasteiger charge is 2.10. The van der Waals surface area contributed by atoms with E-state index >= 15 is 0 Å². The van der Waals surface area contributed by atoms with Crippen LogP contribution in [0, 0.1) is 0 Å². The highest BCUT2D eigenvalue weighted by atomic mass is 35.5. The van der Waals surface area contributed by atoms with Crippen molar-refractivity contribution >= 4 is 35.1 Å². The number of halogens is 2. The van der Waals surface area contributed by atoms with Crippen molar-refractivity contribution in [3.05, 3.63) is 69.7 Å². The molecule has 0 atom stereocenters. The van der Waals surface area contributed by atoms with E-state index in [-0.39, 0.29) is 24.9 Å². The molecule has 0 aliphatic rings. The minimum atomic E-state index is -0.211. The van der Waals surface area contributed by atoms with Crippen LogP contribution in [0.25, 0.3) is 0 Å². The van der Waals surface area contributed by atoms with Crippen molar-refractivity contribution in [3.8, 4) is 0 Å². The fourth-order valence-electron chi connectivity index (χ4n) is 2.51. The highest BCUT2D eigenvalue weighted by Crippen LogP contribution is 2.25. The van der Waals surface area contributed by atoms with E-state index in [0.717, 1.165) is 11.1 Å². The molecule has 3 amide bonds. The number of hydrogen-bond donors (Lipinski definition) is 2. The SMILES string of the molecule is CN(Cc1ccccc1)C(=O)NCCC(=O)NCCc1cccc(Cl)c1Cl. The molecular weight excluding hydrogens is 385 g/mol. The number of carbonyl (C=O) groups excluding carboxylic acids is 2. The first-order valence-corrected chi connectivity index (χ1v) is 9.45. The lowest BCUT2D eigenvalue weighted by molar-refractivity contribution is -0.120. The van der Waals surface area contributed by atoms with E-state index in [2.05, 4.69) is 10.6 Å². The number of amides is 3. The number of benzene rings is 2. The summed E-state index contributed by atoms with van der Waals surface area (Å²) in [7, 11) is 1.72. The summed E-state index contributed by atoms with van der Waals surface area (Å²) in [5.74, 6) is -0.126. The number of carbonyl (C=O) groups is 2. The number of rotatable bonds is 8. The van der Waals surface area contributed by atoms with Gasteiger partial charge in [0.15, 0.2) is 0 Å². The van der Waals surface area contributed by atoms with Crippen molar-refractivity contribution < 1.29 is 9.59 Å². The Bertz CT molecular complexity index is 769. The second kappa shape index (κ2) is 10.8. The third-order valence-corrected chi connectivity index (χ3v) is 4.84. The molecule has 2 aromatic rings. The van der Waals surface area contributed by atoms with E-state index in [9.17, 15) is 9.59 Å². The molecule has 2 aromatic carbocycles. The lowest BCUT2D eigenvalue weighted by Gasteiger charge is -2.18. The fourth-order valence-corrected chi connectivity index (χ4v) is 2.93. The summed E-state index contributed by atoms with van der Waals surface area (Å²) in [4.78, 5) is 25.5. The second-order valence-electron chi connectivity index (χ2n) is 6.14. The van der Waals surface area contributed by atoms with Crippen molar-refractivity contribution in [1.29, 1.82) is 0 Å². The molecule has 2 rings (SSSR count). The monoisotopic (exact) mass is 407 g/mol. The maximum absolute atomic E-state index is 12.1. The van der Waals surface area contributed by atoms with Gasteiger partial charge in [-0.2, -0.15) is 0 Å². The van der Waals surface area contributed by atoms with Crippen LogP contribution in [0.1, 0.15) is 17.5 Å². The molecule has 0 aliphatic heterocycles. The number of nitrogens with one attached hydrogen (secondary N) is 2. The Balaban J connectivity index is 1.64. The van der Waals surface area contributed by atoms with Gasteiger partial charge in [0.05, 0.1) is 10.0 Å². The molecule has 27 heavy (non-hydrogen) atoms. The molecule has 0 saturated heterocycles. The molecule has 0 heterocycles. The molecule has 0 aliphatic carbocycles. The van der Waals surface area contributed by atoms with E-state index in [1.807, 2.05) is 42.5 Å². The predicted molar refractivity (Wildman–Crippen MR) is 109 cm³/mol. The molecule has 0 saturated carbocycles. The Kier molecular flexibility index (Phi) is 8.43. The summed E-state index contributed by atoms with van der Waals surface area (Å²) < 4.78 is 0. The predicted octanol–water partition coefficient (Wildman–Crippen LogP) is 3.88. The Labute approximate surface area is 169 Å². The zero-order valence-corrected chi connectivity index (χ0v) is 16.7. The number of urea groups is 1. The first-order valence-electron chi connectivity index (χ1n) is 8.70. The molecule has 7 heteroatoms. The smallest absolute Gasteiger partial charge is 0.317 e. The van der Waals surface area contributed by atoms with Gasteiger partial charge in [0.25, 0.3) is 0 Å². The summed E-state index contributed by atoms with van der Waals surface area (Å²) in [6.45, 7) is 1.25. The van der Waals surface area contributed by atoms with E-state index in [1.54, 1.807) is 18.0 Å². The largest absolute Gasteiger partial charge is 0.356 e. The maximum atomic E-state index is 12.1. The average molecular weight is 408 g/mol. The Morgan fingerprint density at radius 3 is 2.44 bits per heavy atom.